The van der Waals surface area contributed by atoms with Crippen LogP contribution in [0.3, 0.4) is 0 Å². The summed E-state index contributed by atoms with van der Waals surface area (Å²) in [5.74, 6) is -0.143. The van der Waals surface area contributed by atoms with Crippen LogP contribution < -0.4 is 4.90 Å². The molecule has 1 amide bonds. The molecule has 39 heavy (non-hydrogen) atoms. The van der Waals surface area contributed by atoms with Crippen molar-refractivity contribution in [1.29, 1.82) is 0 Å². The molecule has 4 aromatic rings. The van der Waals surface area contributed by atoms with E-state index in [1.807, 2.05) is 88.4 Å². The number of nitrogens with zero attached hydrogens (tertiary/aromatic N) is 1. The van der Waals surface area contributed by atoms with E-state index in [1.54, 1.807) is 17.0 Å². The highest BCUT2D eigenvalue weighted by molar-refractivity contribution is 6.13. The van der Waals surface area contributed by atoms with Crippen LogP contribution in [0.2, 0.25) is 0 Å². The highest BCUT2D eigenvalue weighted by Gasteiger charge is 2.53. The zero-order valence-electron chi connectivity index (χ0n) is 22.7. The first-order valence-electron chi connectivity index (χ1n) is 12.8. The van der Waals surface area contributed by atoms with Crippen LogP contribution in [0.5, 0.6) is 11.5 Å². The van der Waals surface area contributed by atoms with Crippen LogP contribution in [-0.2, 0) is 21.5 Å². The lowest BCUT2D eigenvalue weighted by molar-refractivity contribution is -0.120. The van der Waals surface area contributed by atoms with Crippen molar-refractivity contribution in [2.45, 2.75) is 39.7 Å². The van der Waals surface area contributed by atoms with Crippen LogP contribution >= 0.6 is 0 Å². The fourth-order valence-corrected chi connectivity index (χ4v) is 5.73. The van der Waals surface area contributed by atoms with Crippen LogP contribution in [0.1, 0.15) is 54.9 Å². The number of phenols is 2. The van der Waals surface area contributed by atoms with Crippen LogP contribution in [0.15, 0.2) is 72.8 Å². The van der Waals surface area contributed by atoms with Gasteiger partial charge in [0.25, 0.3) is 0 Å². The van der Waals surface area contributed by atoms with Gasteiger partial charge in [-0.2, -0.15) is 0 Å². The molecule has 4 aromatic carbocycles. The quantitative estimate of drug-likeness (QED) is 0.315. The molecule has 0 radical (unpaired) electrons. The van der Waals surface area contributed by atoms with E-state index in [-0.39, 0.29) is 17.4 Å². The van der Waals surface area contributed by atoms with E-state index in [1.165, 1.54) is 7.11 Å². The number of hydrogen-bond donors (Lipinski definition) is 2. The van der Waals surface area contributed by atoms with Crippen molar-refractivity contribution in [1.82, 2.24) is 0 Å². The van der Waals surface area contributed by atoms with Crippen LogP contribution in [0.25, 0.3) is 0 Å². The van der Waals surface area contributed by atoms with Gasteiger partial charge in [0.2, 0.25) is 5.91 Å². The van der Waals surface area contributed by atoms with Crippen molar-refractivity contribution < 1.29 is 24.5 Å². The molecular formula is C33H31NO5. The molecule has 0 fully saturated rings. The van der Waals surface area contributed by atoms with Gasteiger partial charge >= 0.3 is 5.97 Å². The van der Waals surface area contributed by atoms with E-state index in [2.05, 4.69) is 0 Å². The summed E-state index contributed by atoms with van der Waals surface area (Å²) in [5.41, 5.74) is 5.93. The van der Waals surface area contributed by atoms with Crippen molar-refractivity contribution in [3.63, 3.8) is 0 Å². The number of carbonyl (C=O) groups is 2. The van der Waals surface area contributed by atoms with E-state index in [0.29, 0.717) is 34.4 Å². The highest BCUT2D eigenvalue weighted by Crippen LogP contribution is 2.52. The number of esters is 1. The van der Waals surface area contributed by atoms with Gasteiger partial charge in [-0.15, -0.1) is 0 Å². The summed E-state index contributed by atoms with van der Waals surface area (Å²) in [4.78, 5) is 28.5. The lowest BCUT2D eigenvalue weighted by Gasteiger charge is -2.32. The molecule has 5 rings (SSSR count). The zero-order valence-corrected chi connectivity index (χ0v) is 22.7. The first-order chi connectivity index (χ1) is 18.6. The Balaban J connectivity index is 1.75. The number of rotatable bonds is 5. The number of aromatic hydroxyl groups is 2. The summed E-state index contributed by atoms with van der Waals surface area (Å²) in [6, 6.07) is 22.3. The number of methoxy groups -OCH3 is 1. The predicted octanol–water partition coefficient (Wildman–Crippen LogP) is 6.00. The second-order valence-corrected chi connectivity index (χ2v) is 10.3. The Morgan fingerprint density at radius 3 is 1.77 bits per heavy atom. The minimum atomic E-state index is -1.20. The van der Waals surface area contributed by atoms with E-state index in [9.17, 15) is 19.8 Å². The first kappa shape index (κ1) is 26.0. The second-order valence-electron chi connectivity index (χ2n) is 10.3. The average Bonchev–Trinajstić information content (AvgIpc) is 3.18. The topological polar surface area (TPSA) is 87.1 Å². The number of ether oxygens (including phenoxy) is 1. The molecule has 198 valence electrons. The van der Waals surface area contributed by atoms with Crippen molar-refractivity contribution >= 4 is 17.6 Å². The summed E-state index contributed by atoms with van der Waals surface area (Å²) in [5, 5.41) is 21.2. The smallest absolute Gasteiger partial charge is 0.337 e. The molecule has 6 heteroatoms. The van der Waals surface area contributed by atoms with Gasteiger partial charge < -0.3 is 19.8 Å². The number of benzene rings is 4. The van der Waals surface area contributed by atoms with Crippen molar-refractivity contribution in [3.05, 3.63) is 123 Å². The maximum atomic E-state index is 14.9. The van der Waals surface area contributed by atoms with Gasteiger partial charge in [0, 0.05) is 11.3 Å². The number of carbonyl (C=O) groups excluding carboxylic acids is 2. The zero-order chi connectivity index (χ0) is 28.1. The minimum absolute atomic E-state index is 0.130. The Labute approximate surface area is 228 Å². The first-order valence-corrected chi connectivity index (χ1v) is 12.8. The normalized spacial score (nSPS) is 13.9. The van der Waals surface area contributed by atoms with E-state index >= 15 is 0 Å². The molecule has 6 nitrogen and oxygen atoms in total. The van der Waals surface area contributed by atoms with E-state index < -0.39 is 11.4 Å². The van der Waals surface area contributed by atoms with Crippen LogP contribution in [-0.4, -0.2) is 29.2 Å². The Bertz CT molecular complexity index is 1520. The van der Waals surface area contributed by atoms with E-state index in [4.69, 9.17) is 4.74 Å². The summed E-state index contributed by atoms with van der Waals surface area (Å²) in [7, 11) is 1.34. The van der Waals surface area contributed by atoms with Gasteiger partial charge in [-0.3, -0.25) is 4.79 Å². The molecule has 0 atom stereocenters. The molecule has 0 spiro atoms. The number of para-hydroxylation sites is 1. The number of amides is 1. The fraction of sp³-hybridized carbons (Fsp3) is 0.212. The SMILES string of the molecule is COC(=O)c1ccc(CN2C(=O)C(c3cc(C)c(O)c(C)c3)(c3cc(C)c(O)c(C)c3)c3ccccc32)cc1. The van der Waals surface area contributed by atoms with Crippen LogP contribution in [0, 0.1) is 27.7 Å². The molecule has 0 saturated carbocycles. The summed E-state index contributed by atoms with van der Waals surface area (Å²) in [6.07, 6.45) is 0. The van der Waals surface area contributed by atoms with Gasteiger partial charge in [-0.1, -0.05) is 54.6 Å². The molecule has 1 aliphatic rings. The number of anilines is 1. The molecule has 1 aliphatic heterocycles. The fourth-order valence-electron chi connectivity index (χ4n) is 5.73. The Morgan fingerprint density at radius 2 is 1.28 bits per heavy atom. The van der Waals surface area contributed by atoms with E-state index in [0.717, 1.165) is 27.9 Å². The number of phenolic OH excluding ortho intramolecular Hbond substituents is 2. The third-order valence-corrected chi connectivity index (χ3v) is 7.73. The average molecular weight is 522 g/mol. The molecule has 0 aromatic heterocycles. The molecular weight excluding hydrogens is 490 g/mol. The minimum Gasteiger partial charge on any atom is -0.507 e. The van der Waals surface area contributed by atoms with Crippen LogP contribution in [0.4, 0.5) is 5.69 Å². The lowest BCUT2D eigenvalue weighted by Crippen LogP contribution is -2.42. The third kappa shape index (κ3) is 4.04. The van der Waals surface area contributed by atoms with Gasteiger partial charge in [-0.05, 0) is 84.8 Å². The molecule has 0 aliphatic carbocycles. The molecule has 0 bridgehead atoms. The molecule has 0 saturated heterocycles. The Hall–Kier alpha value is -4.58. The van der Waals surface area contributed by atoms with Gasteiger partial charge in [-0.25, -0.2) is 4.79 Å². The standard InChI is InChI=1S/C33H31NO5/c1-19-14-25(15-20(2)29(19)35)33(26-16-21(3)30(36)22(4)17-26)27-8-6-7-9-28(27)34(32(33)38)18-23-10-12-24(13-11-23)31(37)39-5/h6-17,35-36H,18H2,1-5H3. The van der Waals surface area contributed by atoms with Gasteiger partial charge in [0.1, 0.15) is 16.9 Å². The monoisotopic (exact) mass is 521 g/mol. The molecule has 2 N–H and O–H groups in total. The summed E-state index contributed by atoms with van der Waals surface area (Å²) >= 11 is 0. The third-order valence-electron chi connectivity index (χ3n) is 7.73. The predicted molar refractivity (Wildman–Crippen MR) is 150 cm³/mol. The summed E-state index contributed by atoms with van der Waals surface area (Å²) < 4.78 is 4.81. The molecule has 0 unspecified atom stereocenters. The highest BCUT2D eigenvalue weighted by atomic mass is 16.5. The van der Waals surface area contributed by atoms with Crippen molar-refractivity contribution in [3.8, 4) is 11.5 Å². The van der Waals surface area contributed by atoms with Crippen molar-refractivity contribution in [2.24, 2.45) is 0 Å². The number of aryl methyl sites for hydroxylation is 4. The van der Waals surface area contributed by atoms with Gasteiger partial charge in [0.05, 0.1) is 19.2 Å². The largest absolute Gasteiger partial charge is 0.507 e. The molecule has 1 heterocycles. The maximum Gasteiger partial charge on any atom is 0.337 e. The summed E-state index contributed by atoms with van der Waals surface area (Å²) in [6.45, 7) is 7.63. The number of fused-ring (bicyclic) bond motifs is 1. The maximum absolute atomic E-state index is 14.9. The Morgan fingerprint density at radius 1 is 0.795 bits per heavy atom. The van der Waals surface area contributed by atoms with Crippen molar-refractivity contribution in [2.75, 3.05) is 12.0 Å². The Kier molecular flexibility index (Phi) is 6.43. The second kappa shape index (κ2) is 9.62. The lowest BCUT2D eigenvalue weighted by atomic mass is 9.69. The number of hydrogen-bond acceptors (Lipinski definition) is 5. The van der Waals surface area contributed by atoms with Gasteiger partial charge in [0.15, 0.2) is 0 Å².